The summed E-state index contributed by atoms with van der Waals surface area (Å²) >= 11 is 0. The van der Waals surface area contributed by atoms with Crippen LogP contribution in [0.2, 0.25) is 0 Å². The quantitative estimate of drug-likeness (QED) is 0.720. The molecule has 1 aliphatic rings. The van der Waals surface area contributed by atoms with Gasteiger partial charge in [-0.15, -0.1) is 0 Å². The second kappa shape index (κ2) is 3.80. The first kappa shape index (κ1) is 9.21. The highest BCUT2D eigenvalue weighted by atomic mass is 16.6. The minimum Gasteiger partial charge on any atom is -0.456 e. The number of carbonyl (C=O) groups excluding carboxylic acids is 1. The van der Waals surface area contributed by atoms with Crippen LogP contribution in [-0.2, 0) is 4.74 Å². The van der Waals surface area contributed by atoms with Crippen LogP contribution in [0.15, 0.2) is 30.3 Å². The van der Waals surface area contributed by atoms with E-state index in [0.29, 0.717) is 5.56 Å². The molecule has 14 heavy (non-hydrogen) atoms. The lowest BCUT2D eigenvalue weighted by molar-refractivity contribution is -0.0691. The average molecular weight is 192 g/mol. The van der Waals surface area contributed by atoms with E-state index < -0.39 is 6.10 Å². The molecule has 0 aromatic heterocycles. The Kier molecular flexibility index (Phi) is 2.50. The summed E-state index contributed by atoms with van der Waals surface area (Å²) in [6.07, 6.45) is 0.720. The molecule has 1 aliphatic carbocycles. The summed E-state index contributed by atoms with van der Waals surface area (Å²) in [7, 11) is 0. The van der Waals surface area contributed by atoms with Gasteiger partial charge in [0.25, 0.3) is 0 Å². The Labute approximate surface area is 82.3 Å². The van der Waals surface area contributed by atoms with E-state index in [1.807, 2.05) is 6.07 Å². The van der Waals surface area contributed by atoms with Crippen molar-refractivity contribution in [3.05, 3.63) is 35.9 Å². The molecule has 0 unspecified atom stereocenters. The second-order valence-corrected chi connectivity index (χ2v) is 3.45. The second-order valence-electron chi connectivity index (χ2n) is 3.45. The molecule has 74 valence electrons. The molecule has 0 aliphatic heterocycles. The number of rotatable bonds is 2. The molecule has 0 heterocycles. The van der Waals surface area contributed by atoms with Crippen molar-refractivity contribution in [1.29, 1.82) is 0 Å². The Bertz CT molecular complexity index is 321. The standard InChI is InChI=1S/C11H12O3/c12-9-6-7-10(9)14-11(13)8-4-2-1-3-5-8/h1-5,9-10,12H,6-7H2/t9-,10+/m1/s1. The van der Waals surface area contributed by atoms with E-state index >= 15 is 0 Å². The molecule has 0 bridgehead atoms. The van der Waals surface area contributed by atoms with Gasteiger partial charge in [-0.1, -0.05) is 18.2 Å². The van der Waals surface area contributed by atoms with E-state index in [0.717, 1.165) is 12.8 Å². The fourth-order valence-electron chi connectivity index (χ4n) is 1.37. The van der Waals surface area contributed by atoms with Gasteiger partial charge in [0.15, 0.2) is 0 Å². The van der Waals surface area contributed by atoms with Gasteiger partial charge in [0, 0.05) is 0 Å². The third-order valence-electron chi connectivity index (χ3n) is 2.44. The van der Waals surface area contributed by atoms with Crippen LogP contribution in [0.3, 0.4) is 0 Å². The molecule has 2 atom stereocenters. The van der Waals surface area contributed by atoms with Crippen LogP contribution in [0.25, 0.3) is 0 Å². The molecule has 2 rings (SSSR count). The topological polar surface area (TPSA) is 46.5 Å². The number of aliphatic hydroxyl groups excluding tert-OH is 1. The Morgan fingerprint density at radius 2 is 2.00 bits per heavy atom. The van der Waals surface area contributed by atoms with Crippen molar-refractivity contribution in [2.45, 2.75) is 25.0 Å². The zero-order valence-electron chi connectivity index (χ0n) is 7.72. The molecule has 0 amide bonds. The molecular formula is C11H12O3. The fraction of sp³-hybridized carbons (Fsp3) is 0.364. The van der Waals surface area contributed by atoms with Crippen LogP contribution < -0.4 is 0 Å². The van der Waals surface area contributed by atoms with E-state index in [9.17, 15) is 9.90 Å². The van der Waals surface area contributed by atoms with Gasteiger partial charge < -0.3 is 9.84 Å². The summed E-state index contributed by atoms with van der Waals surface area (Å²) in [6, 6.07) is 8.82. The van der Waals surface area contributed by atoms with Crippen LogP contribution >= 0.6 is 0 Å². The lowest BCUT2D eigenvalue weighted by Crippen LogP contribution is -2.40. The van der Waals surface area contributed by atoms with Crippen LogP contribution in [0, 0.1) is 0 Å². The predicted octanol–water partition coefficient (Wildman–Crippen LogP) is 1.37. The van der Waals surface area contributed by atoms with Crippen molar-refractivity contribution in [3.8, 4) is 0 Å². The Morgan fingerprint density at radius 1 is 1.29 bits per heavy atom. The van der Waals surface area contributed by atoms with Crippen molar-refractivity contribution in [3.63, 3.8) is 0 Å². The summed E-state index contributed by atoms with van der Waals surface area (Å²) in [5.74, 6) is -0.352. The molecule has 1 fully saturated rings. The number of ether oxygens (including phenoxy) is 1. The summed E-state index contributed by atoms with van der Waals surface area (Å²) in [6.45, 7) is 0. The smallest absolute Gasteiger partial charge is 0.338 e. The fourth-order valence-corrected chi connectivity index (χ4v) is 1.37. The first-order chi connectivity index (χ1) is 6.77. The van der Waals surface area contributed by atoms with Crippen molar-refractivity contribution in [2.24, 2.45) is 0 Å². The molecular weight excluding hydrogens is 180 g/mol. The molecule has 1 N–H and O–H groups in total. The third kappa shape index (κ3) is 1.77. The van der Waals surface area contributed by atoms with Crippen LogP contribution in [0.1, 0.15) is 23.2 Å². The Morgan fingerprint density at radius 3 is 2.50 bits per heavy atom. The van der Waals surface area contributed by atoms with Crippen LogP contribution in [0.5, 0.6) is 0 Å². The normalized spacial score (nSPS) is 25.2. The summed E-state index contributed by atoms with van der Waals surface area (Å²) in [5, 5.41) is 9.23. The first-order valence-electron chi connectivity index (χ1n) is 4.71. The highest BCUT2D eigenvalue weighted by Crippen LogP contribution is 2.23. The van der Waals surface area contributed by atoms with Crippen molar-refractivity contribution < 1.29 is 14.6 Å². The summed E-state index contributed by atoms with van der Waals surface area (Å²) in [4.78, 5) is 11.5. The van der Waals surface area contributed by atoms with E-state index in [1.165, 1.54) is 0 Å². The molecule has 3 nitrogen and oxygen atoms in total. The zero-order chi connectivity index (χ0) is 9.97. The van der Waals surface area contributed by atoms with Gasteiger partial charge >= 0.3 is 5.97 Å². The van der Waals surface area contributed by atoms with Crippen molar-refractivity contribution in [2.75, 3.05) is 0 Å². The average Bonchev–Trinajstić information content (AvgIpc) is 2.24. The zero-order valence-corrected chi connectivity index (χ0v) is 7.72. The summed E-state index contributed by atoms with van der Waals surface area (Å²) < 4.78 is 5.10. The third-order valence-corrected chi connectivity index (χ3v) is 2.44. The molecule has 3 heteroatoms. The number of aliphatic hydroxyl groups is 1. The van der Waals surface area contributed by atoms with Crippen molar-refractivity contribution >= 4 is 5.97 Å². The number of benzene rings is 1. The SMILES string of the molecule is O=C(O[C@H]1CC[C@H]1O)c1ccccc1. The monoisotopic (exact) mass is 192 g/mol. The van der Waals surface area contributed by atoms with E-state index in [1.54, 1.807) is 24.3 Å². The maximum Gasteiger partial charge on any atom is 0.338 e. The van der Waals surface area contributed by atoms with Gasteiger partial charge in [0.1, 0.15) is 6.10 Å². The van der Waals surface area contributed by atoms with Gasteiger partial charge in [-0.25, -0.2) is 4.79 Å². The number of esters is 1. The molecule has 0 radical (unpaired) electrons. The maximum absolute atomic E-state index is 11.5. The van der Waals surface area contributed by atoms with E-state index in [4.69, 9.17) is 4.74 Å². The summed E-state index contributed by atoms with van der Waals surface area (Å²) in [5.41, 5.74) is 0.534. The number of hydrogen-bond donors (Lipinski definition) is 1. The van der Waals surface area contributed by atoms with E-state index in [2.05, 4.69) is 0 Å². The van der Waals surface area contributed by atoms with Gasteiger partial charge in [0.05, 0.1) is 11.7 Å². The van der Waals surface area contributed by atoms with Gasteiger partial charge in [-0.05, 0) is 25.0 Å². The molecule has 0 saturated heterocycles. The minimum absolute atomic E-state index is 0.303. The molecule has 1 aromatic carbocycles. The maximum atomic E-state index is 11.5. The molecule has 1 aromatic rings. The van der Waals surface area contributed by atoms with E-state index in [-0.39, 0.29) is 12.1 Å². The number of carbonyl (C=O) groups is 1. The largest absolute Gasteiger partial charge is 0.456 e. The van der Waals surface area contributed by atoms with Gasteiger partial charge in [-0.2, -0.15) is 0 Å². The Hall–Kier alpha value is -1.35. The van der Waals surface area contributed by atoms with Gasteiger partial charge in [-0.3, -0.25) is 0 Å². The number of hydrogen-bond acceptors (Lipinski definition) is 3. The minimum atomic E-state index is -0.470. The van der Waals surface area contributed by atoms with Crippen LogP contribution in [-0.4, -0.2) is 23.3 Å². The van der Waals surface area contributed by atoms with Crippen LogP contribution in [0.4, 0.5) is 0 Å². The van der Waals surface area contributed by atoms with Crippen molar-refractivity contribution in [1.82, 2.24) is 0 Å². The lowest BCUT2D eigenvalue weighted by Gasteiger charge is -2.31. The Balaban J connectivity index is 1.96. The van der Waals surface area contributed by atoms with Gasteiger partial charge in [0.2, 0.25) is 0 Å². The highest BCUT2D eigenvalue weighted by Gasteiger charge is 2.32. The molecule has 0 spiro atoms. The first-order valence-corrected chi connectivity index (χ1v) is 4.71. The lowest BCUT2D eigenvalue weighted by atomic mass is 9.92. The highest BCUT2D eigenvalue weighted by molar-refractivity contribution is 5.89. The molecule has 1 saturated carbocycles. The predicted molar refractivity (Wildman–Crippen MR) is 50.9 cm³/mol.